The second-order valence-corrected chi connectivity index (χ2v) is 5.21. The van der Waals surface area contributed by atoms with E-state index in [0.29, 0.717) is 21.9 Å². The average molecular weight is 313 g/mol. The van der Waals surface area contributed by atoms with Crippen molar-refractivity contribution in [2.45, 2.75) is 6.92 Å². The third-order valence-corrected chi connectivity index (χ3v) is 3.26. The number of anilines is 2. The summed E-state index contributed by atoms with van der Waals surface area (Å²) in [5, 5.41) is 6.09. The van der Waals surface area contributed by atoms with Crippen molar-refractivity contribution in [1.82, 2.24) is 9.97 Å². The van der Waals surface area contributed by atoms with Crippen LogP contribution in [0, 0.1) is 6.92 Å². The molecule has 0 saturated carbocycles. The number of pyridine rings is 2. The smallest absolute Gasteiger partial charge is 0.308 e. The van der Waals surface area contributed by atoms with E-state index in [0.717, 1.165) is 11.2 Å². The van der Waals surface area contributed by atoms with Crippen LogP contribution in [0.1, 0.15) is 5.69 Å². The van der Waals surface area contributed by atoms with Gasteiger partial charge >= 0.3 is 6.03 Å². The number of aromatic nitrogens is 2. The predicted molar refractivity (Wildman–Crippen MR) is 88.4 cm³/mol. The van der Waals surface area contributed by atoms with E-state index in [-0.39, 0.29) is 6.03 Å². The summed E-state index contributed by atoms with van der Waals surface area (Å²) in [5.74, 6) is 0. The molecule has 2 aromatic heterocycles. The van der Waals surface area contributed by atoms with Crippen LogP contribution in [0.15, 0.2) is 48.7 Å². The number of hydrogen-bond acceptors (Lipinski definition) is 3. The predicted octanol–water partition coefficient (Wildman–Crippen LogP) is 4.24. The zero-order valence-electron chi connectivity index (χ0n) is 11.8. The second kappa shape index (κ2) is 5.99. The normalized spacial score (nSPS) is 10.5. The number of nitrogens with zero attached hydrogens (tertiary/aromatic N) is 2. The fourth-order valence-corrected chi connectivity index (χ4v) is 2.33. The number of urea groups is 1. The quantitative estimate of drug-likeness (QED) is 0.744. The zero-order chi connectivity index (χ0) is 15.5. The monoisotopic (exact) mass is 312 g/mol. The first-order valence-corrected chi connectivity index (χ1v) is 7.05. The molecule has 0 radical (unpaired) electrons. The van der Waals surface area contributed by atoms with Crippen molar-refractivity contribution in [2.24, 2.45) is 0 Å². The maximum atomic E-state index is 12.1. The Morgan fingerprint density at radius 3 is 2.82 bits per heavy atom. The molecule has 0 spiro atoms. The van der Waals surface area contributed by atoms with E-state index in [1.165, 1.54) is 0 Å². The molecule has 5 nitrogen and oxygen atoms in total. The molecule has 0 bridgehead atoms. The van der Waals surface area contributed by atoms with Crippen molar-refractivity contribution in [2.75, 3.05) is 10.6 Å². The molecule has 0 aliphatic carbocycles. The maximum absolute atomic E-state index is 12.1. The third kappa shape index (κ3) is 3.15. The zero-order valence-corrected chi connectivity index (χ0v) is 12.6. The van der Waals surface area contributed by atoms with Gasteiger partial charge in [-0.2, -0.15) is 0 Å². The summed E-state index contributed by atoms with van der Waals surface area (Å²) in [6.45, 7) is 1.87. The van der Waals surface area contributed by atoms with Crippen LogP contribution in [0.4, 0.5) is 16.2 Å². The highest BCUT2D eigenvalue weighted by Crippen LogP contribution is 2.21. The molecule has 3 aromatic rings. The van der Waals surface area contributed by atoms with Gasteiger partial charge in [-0.05, 0) is 43.3 Å². The van der Waals surface area contributed by atoms with Crippen molar-refractivity contribution < 1.29 is 4.79 Å². The molecule has 0 fully saturated rings. The summed E-state index contributed by atoms with van der Waals surface area (Å²) in [7, 11) is 0. The van der Waals surface area contributed by atoms with Crippen LogP contribution in [-0.2, 0) is 0 Å². The number of nitrogens with one attached hydrogen (secondary N) is 2. The molecule has 1 aromatic carbocycles. The number of carbonyl (C=O) groups is 1. The number of aryl methyl sites for hydroxylation is 1. The van der Waals surface area contributed by atoms with Crippen molar-refractivity contribution in [3.8, 4) is 0 Å². The molecule has 6 heteroatoms. The van der Waals surface area contributed by atoms with Crippen LogP contribution in [-0.4, -0.2) is 16.0 Å². The van der Waals surface area contributed by atoms with Gasteiger partial charge in [-0.15, -0.1) is 0 Å². The molecular weight excluding hydrogens is 300 g/mol. The number of halogens is 1. The van der Waals surface area contributed by atoms with Gasteiger partial charge in [0.15, 0.2) is 0 Å². The van der Waals surface area contributed by atoms with E-state index < -0.39 is 0 Å². The molecule has 0 unspecified atom stereocenters. The summed E-state index contributed by atoms with van der Waals surface area (Å²) in [6.07, 6.45) is 1.67. The summed E-state index contributed by atoms with van der Waals surface area (Å²) in [6, 6.07) is 12.0. The van der Waals surface area contributed by atoms with E-state index in [1.54, 1.807) is 36.5 Å². The molecule has 22 heavy (non-hydrogen) atoms. The first-order valence-electron chi connectivity index (χ1n) is 6.68. The Morgan fingerprint density at radius 1 is 1.14 bits per heavy atom. The Bertz CT molecular complexity index is 850. The van der Waals surface area contributed by atoms with E-state index in [1.807, 2.05) is 19.1 Å². The lowest BCUT2D eigenvalue weighted by molar-refractivity contribution is 0.262. The van der Waals surface area contributed by atoms with E-state index in [9.17, 15) is 4.79 Å². The lowest BCUT2D eigenvalue weighted by atomic mass is 10.2. The maximum Gasteiger partial charge on any atom is 0.323 e. The number of benzene rings is 1. The average Bonchev–Trinajstić information content (AvgIpc) is 2.47. The molecule has 2 amide bonds. The Kier molecular flexibility index (Phi) is 3.89. The van der Waals surface area contributed by atoms with Crippen molar-refractivity contribution >= 4 is 40.0 Å². The van der Waals surface area contributed by atoms with Gasteiger partial charge in [0.05, 0.1) is 11.2 Å². The molecule has 2 heterocycles. The van der Waals surface area contributed by atoms with Crippen molar-refractivity contribution in [3.63, 3.8) is 0 Å². The summed E-state index contributed by atoms with van der Waals surface area (Å²) in [5.41, 5.74) is 3.42. The van der Waals surface area contributed by atoms with Crippen molar-refractivity contribution in [1.29, 1.82) is 0 Å². The van der Waals surface area contributed by atoms with Gasteiger partial charge in [-0.3, -0.25) is 9.97 Å². The summed E-state index contributed by atoms with van der Waals surface area (Å²) in [4.78, 5) is 20.8. The van der Waals surface area contributed by atoms with Crippen LogP contribution in [0.25, 0.3) is 11.0 Å². The number of hydrogen-bond donors (Lipinski definition) is 2. The minimum absolute atomic E-state index is 0.361. The third-order valence-electron chi connectivity index (χ3n) is 3.02. The van der Waals surface area contributed by atoms with Gasteiger partial charge in [-0.1, -0.05) is 17.7 Å². The Balaban J connectivity index is 1.85. The van der Waals surface area contributed by atoms with Crippen LogP contribution >= 0.6 is 11.6 Å². The van der Waals surface area contributed by atoms with E-state index in [2.05, 4.69) is 20.6 Å². The molecule has 0 atom stereocenters. The highest BCUT2D eigenvalue weighted by molar-refractivity contribution is 6.30. The van der Waals surface area contributed by atoms with Gasteiger partial charge in [-0.25, -0.2) is 4.79 Å². The fraction of sp³-hybridized carbons (Fsp3) is 0.0625. The number of carbonyl (C=O) groups excluding carboxylic acids is 1. The Labute approximate surface area is 132 Å². The van der Waals surface area contributed by atoms with Crippen LogP contribution < -0.4 is 10.6 Å². The molecule has 0 aliphatic rings. The Morgan fingerprint density at radius 2 is 2.00 bits per heavy atom. The molecule has 3 rings (SSSR count). The summed E-state index contributed by atoms with van der Waals surface area (Å²) >= 11 is 5.90. The lowest BCUT2D eigenvalue weighted by Crippen LogP contribution is -2.19. The molecule has 0 aliphatic heterocycles. The highest BCUT2D eigenvalue weighted by atomic mass is 35.5. The number of fused-ring (bicyclic) bond motifs is 1. The van der Waals surface area contributed by atoms with E-state index >= 15 is 0 Å². The number of amides is 2. The van der Waals surface area contributed by atoms with Crippen molar-refractivity contribution in [3.05, 3.63) is 59.4 Å². The molecule has 110 valence electrons. The van der Waals surface area contributed by atoms with Crippen LogP contribution in [0.2, 0.25) is 5.02 Å². The standard InChI is InChI=1S/C16H13ClN4O/c1-10-8-14(15-13(19-10)6-3-7-18-15)21-16(22)20-12-5-2-4-11(17)9-12/h2-9H,1H3,(H2,19,20,21,22). The molecule has 0 saturated heterocycles. The van der Waals surface area contributed by atoms with Gasteiger partial charge in [0.1, 0.15) is 5.52 Å². The fourth-order valence-electron chi connectivity index (χ4n) is 2.14. The minimum atomic E-state index is -0.361. The minimum Gasteiger partial charge on any atom is -0.308 e. The van der Waals surface area contributed by atoms with Gasteiger partial charge in [0, 0.05) is 22.6 Å². The number of rotatable bonds is 2. The molecular formula is C16H13ClN4O. The summed E-state index contributed by atoms with van der Waals surface area (Å²) < 4.78 is 0. The van der Waals surface area contributed by atoms with Gasteiger partial charge in [0.25, 0.3) is 0 Å². The topological polar surface area (TPSA) is 66.9 Å². The first-order chi connectivity index (χ1) is 10.6. The highest BCUT2D eigenvalue weighted by Gasteiger charge is 2.09. The van der Waals surface area contributed by atoms with Gasteiger partial charge in [0.2, 0.25) is 0 Å². The molecule has 2 N–H and O–H groups in total. The largest absolute Gasteiger partial charge is 0.323 e. The first kappa shape index (κ1) is 14.3. The van der Waals surface area contributed by atoms with Crippen LogP contribution in [0.3, 0.4) is 0 Å². The van der Waals surface area contributed by atoms with E-state index in [4.69, 9.17) is 11.6 Å². The Hall–Kier alpha value is -2.66. The van der Waals surface area contributed by atoms with Crippen LogP contribution in [0.5, 0.6) is 0 Å². The second-order valence-electron chi connectivity index (χ2n) is 4.77. The lowest BCUT2D eigenvalue weighted by Gasteiger charge is -2.10. The SMILES string of the molecule is Cc1cc(NC(=O)Nc2cccc(Cl)c2)c2ncccc2n1. The van der Waals surface area contributed by atoms with Gasteiger partial charge < -0.3 is 10.6 Å².